The molecule has 0 spiro atoms. The van der Waals surface area contributed by atoms with Crippen LogP contribution in [0.3, 0.4) is 0 Å². The summed E-state index contributed by atoms with van der Waals surface area (Å²) in [5.41, 5.74) is 1.16. The second kappa shape index (κ2) is 5.68. The summed E-state index contributed by atoms with van der Waals surface area (Å²) in [6.07, 6.45) is 4.47. The van der Waals surface area contributed by atoms with Crippen LogP contribution < -0.4 is 10.3 Å². The summed E-state index contributed by atoms with van der Waals surface area (Å²) in [6, 6.07) is 6.11. The smallest absolute Gasteiger partial charge is 0.251 e. The van der Waals surface area contributed by atoms with Gasteiger partial charge < -0.3 is 9.72 Å². The molecule has 4 nitrogen and oxygen atoms in total. The topological polar surface area (TPSA) is 55.0 Å². The van der Waals surface area contributed by atoms with Gasteiger partial charge in [0.15, 0.2) is 11.6 Å². The average Bonchev–Trinajstić information content (AvgIpc) is 3.01. The molecule has 1 fully saturated rings. The van der Waals surface area contributed by atoms with Crippen LogP contribution in [-0.2, 0) is 0 Å². The summed E-state index contributed by atoms with van der Waals surface area (Å²) < 4.78 is 18.7. The van der Waals surface area contributed by atoms with Gasteiger partial charge in [0.25, 0.3) is 5.56 Å². The predicted octanol–water partition coefficient (Wildman–Crippen LogP) is 3.24. The Labute approximate surface area is 122 Å². The van der Waals surface area contributed by atoms with E-state index in [4.69, 9.17) is 4.74 Å². The van der Waals surface area contributed by atoms with Crippen molar-refractivity contribution in [3.8, 4) is 17.1 Å². The highest BCUT2D eigenvalue weighted by Gasteiger charge is 2.20. The molecule has 0 bridgehead atoms. The zero-order chi connectivity index (χ0) is 14.8. The Hall–Kier alpha value is -2.17. The first kappa shape index (κ1) is 13.8. The van der Waals surface area contributed by atoms with E-state index in [0.717, 1.165) is 18.5 Å². The number of nitrogens with zero attached hydrogens (tertiary/aromatic N) is 1. The van der Waals surface area contributed by atoms with E-state index in [1.54, 1.807) is 12.1 Å². The van der Waals surface area contributed by atoms with Crippen molar-refractivity contribution in [1.82, 2.24) is 9.97 Å². The number of nitrogens with one attached hydrogen (secondary N) is 1. The molecule has 0 amide bonds. The van der Waals surface area contributed by atoms with Crippen LogP contribution in [0.25, 0.3) is 11.4 Å². The Bertz CT molecular complexity index is 706. The lowest BCUT2D eigenvalue weighted by molar-refractivity contribution is 0.386. The first-order chi connectivity index (χ1) is 10.2. The molecule has 5 heteroatoms. The normalized spacial score (nSPS) is 15.3. The highest BCUT2D eigenvalue weighted by atomic mass is 19.1. The van der Waals surface area contributed by atoms with Gasteiger partial charge in [-0.25, -0.2) is 9.37 Å². The summed E-state index contributed by atoms with van der Waals surface area (Å²) in [4.78, 5) is 19.0. The highest BCUT2D eigenvalue weighted by Crippen LogP contribution is 2.33. The molecule has 1 aromatic heterocycles. The lowest BCUT2D eigenvalue weighted by Crippen LogP contribution is -2.12. The van der Waals surface area contributed by atoms with Gasteiger partial charge in [-0.15, -0.1) is 0 Å². The van der Waals surface area contributed by atoms with Crippen molar-refractivity contribution in [3.63, 3.8) is 0 Å². The number of aromatic nitrogens is 2. The summed E-state index contributed by atoms with van der Waals surface area (Å²) in [5.74, 6) is 0.456. The van der Waals surface area contributed by atoms with Gasteiger partial charge in [-0.2, -0.15) is 0 Å². The Morgan fingerprint density at radius 1 is 1.29 bits per heavy atom. The van der Waals surface area contributed by atoms with E-state index in [-0.39, 0.29) is 11.3 Å². The standard InChI is InChI=1S/C16H17FN2O2/c1-21-14-7-6-11(8-12(14)17)16-18-13(9-15(20)19-16)10-4-2-3-5-10/h6-10H,2-5H2,1H3,(H,18,19,20). The molecular formula is C16H17FN2O2. The number of H-pyrrole nitrogens is 1. The van der Waals surface area contributed by atoms with Gasteiger partial charge in [0.2, 0.25) is 0 Å². The molecule has 0 radical (unpaired) electrons. The Kier molecular flexibility index (Phi) is 3.73. The first-order valence-corrected chi connectivity index (χ1v) is 7.12. The van der Waals surface area contributed by atoms with Gasteiger partial charge >= 0.3 is 0 Å². The van der Waals surface area contributed by atoms with Crippen LogP contribution in [0, 0.1) is 5.82 Å². The fourth-order valence-electron chi connectivity index (χ4n) is 2.86. The maximum Gasteiger partial charge on any atom is 0.251 e. The van der Waals surface area contributed by atoms with Crippen molar-refractivity contribution in [3.05, 3.63) is 46.1 Å². The van der Waals surface area contributed by atoms with Crippen molar-refractivity contribution in [2.24, 2.45) is 0 Å². The van der Waals surface area contributed by atoms with Crippen molar-refractivity contribution < 1.29 is 9.13 Å². The van der Waals surface area contributed by atoms with Crippen LogP contribution in [0.2, 0.25) is 0 Å². The summed E-state index contributed by atoms with van der Waals surface area (Å²) in [6.45, 7) is 0. The number of hydrogen-bond donors (Lipinski definition) is 1. The average molecular weight is 288 g/mol. The van der Waals surface area contributed by atoms with Gasteiger partial charge in [0.1, 0.15) is 5.82 Å². The van der Waals surface area contributed by atoms with E-state index in [9.17, 15) is 9.18 Å². The van der Waals surface area contributed by atoms with Crippen molar-refractivity contribution in [2.75, 3.05) is 7.11 Å². The van der Waals surface area contributed by atoms with Gasteiger partial charge in [-0.1, -0.05) is 12.8 Å². The second-order valence-corrected chi connectivity index (χ2v) is 5.35. The largest absolute Gasteiger partial charge is 0.494 e. The number of methoxy groups -OCH3 is 1. The number of aromatic amines is 1. The fraction of sp³-hybridized carbons (Fsp3) is 0.375. The quantitative estimate of drug-likeness (QED) is 0.943. The third kappa shape index (κ3) is 2.82. The maximum absolute atomic E-state index is 13.8. The molecule has 0 unspecified atom stereocenters. The molecule has 0 aliphatic heterocycles. The molecule has 1 aliphatic rings. The molecule has 2 aromatic rings. The molecule has 0 saturated heterocycles. The number of hydrogen-bond acceptors (Lipinski definition) is 3. The molecule has 21 heavy (non-hydrogen) atoms. The predicted molar refractivity (Wildman–Crippen MR) is 78.0 cm³/mol. The van der Waals surface area contributed by atoms with E-state index in [0.29, 0.717) is 17.3 Å². The van der Waals surface area contributed by atoms with Crippen LogP contribution in [0.1, 0.15) is 37.3 Å². The first-order valence-electron chi connectivity index (χ1n) is 7.12. The van der Waals surface area contributed by atoms with Gasteiger partial charge in [-0.05, 0) is 31.0 Å². The third-order valence-corrected chi connectivity index (χ3v) is 3.96. The number of benzene rings is 1. The molecule has 0 atom stereocenters. The molecule has 1 aromatic carbocycles. The van der Waals surface area contributed by atoms with Crippen LogP contribution in [-0.4, -0.2) is 17.1 Å². The molecule has 1 saturated carbocycles. The summed E-state index contributed by atoms with van der Waals surface area (Å²) in [5, 5.41) is 0. The van der Waals surface area contributed by atoms with E-state index >= 15 is 0 Å². The highest BCUT2D eigenvalue weighted by molar-refractivity contribution is 5.56. The van der Waals surface area contributed by atoms with Crippen LogP contribution in [0.5, 0.6) is 5.75 Å². The van der Waals surface area contributed by atoms with Crippen LogP contribution in [0.4, 0.5) is 4.39 Å². The molecule has 1 heterocycles. The van der Waals surface area contributed by atoms with Crippen LogP contribution >= 0.6 is 0 Å². The monoisotopic (exact) mass is 288 g/mol. The van der Waals surface area contributed by atoms with E-state index in [2.05, 4.69) is 9.97 Å². The SMILES string of the molecule is COc1ccc(-c2nc(C3CCCC3)cc(=O)[nH]2)cc1F. The zero-order valence-electron chi connectivity index (χ0n) is 11.9. The van der Waals surface area contributed by atoms with E-state index in [1.807, 2.05) is 0 Å². The van der Waals surface area contributed by atoms with E-state index < -0.39 is 5.82 Å². The number of halogens is 1. The lowest BCUT2D eigenvalue weighted by atomic mass is 10.0. The summed E-state index contributed by atoms with van der Waals surface area (Å²) in [7, 11) is 1.42. The van der Waals surface area contributed by atoms with Gasteiger partial charge in [0.05, 0.1) is 12.8 Å². The minimum absolute atomic E-state index is 0.174. The minimum Gasteiger partial charge on any atom is -0.494 e. The third-order valence-electron chi connectivity index (χ3n) is 3.96. The van der Waals surface area contributed by atoms with Gasteiger partial charge in [0, 0.05) is 17.5 Å². The minimum atomic E-state index is -0.469. The number of rotatable bonds is 3. The lowest BCUT2D eigenvalue weighted by Gasteiger charge is -2.10. The van der Waals surface area contributed by atoms with Crippen molar-refractivity contribution in [2.45, 2.75) is 31.6 Å². The second-order valence-electron chi connectivity index (χ2n) is 5.35. The fourth-order valence-corrected chi connectivity index (χ4v) is 2.86. The zero-order valence-corrected chi connectivity index (χ0v) is 11.9. The van der Waals surface area contributed by atoms with E-state index in [1.165, 1.54) is 32.1 Å². The van der Waals surface area contributed by atoms with Crippen LogP contribution in [0.15, 0.2) is 29.1 Å². The maximum atomic E-state index is 13.8. The Morgan fingerprint density at radius 3 is 2.71 bits per heavy atom. The molecule has 110 valence electrons. The molecule has 1 N–H and O–H groups in total. The molecule has 1 aliphatic carbocycles. The summed E-state index contributed by atoms with van der Waals surface area (Å²) >= 11 is 0. The van der Waals surface area contributed by atoms with Crippen molar-refractivity contribution >= 4 is 0 Å². The molecule has 3 rings (SSSR count). The number of ether oxygens (including phenoxy) is 1. The molecular weight excluding hydrogens is 271 g/mol. The van der Waals surface area contributed by atoms with Gasteiger partial charge in [-0.3, -0.25) is 4.79 Å². The van der Waals surface area contributed by atoms with Crippen molar-refractivity contribution in [1.29, 1.82) is 0 Å². The Balaban J connectivity index is 2.01. The Morgan fingerprint density at radius 2 is 2.05 bits per heavy atom.